The predicted octanol–water partition coefficient (Wildman–Crippen LogP) is -0.163. The molecule has 16 heavy (non-hydrogen) atoms. The third-order valence-electron chi connectivity index (χ3n) is 2.17. The van der Waals surface area contributed by atoms with Crippen molar-refractivity contribution < 1.29 is 8.42 Å². The summed E-state index contributed by atoms with van der Waals surface area (Å²) >= 11 is 0. The second-order valence-electron chi connectivity index (χ2n) is 3.74. The number of hydrogen-bond donors (Lipinski definition) is 2. The van der Waals surface area contributed by atoms with E-state index in [1.54, 1.807) is 18.4 Å². The van der Waals surface area contributed by atoms with Crippen molar-refractivity contribution in [2.75, 3.05) is 6.54 Å². The molecule has 0 spiro atoms. The largest absolute Gasteiger partial charge is 0.334 e. The predicted molar refractivity (Wildman–Crippen MR) is 61.5 cm³/mol. The first-order chi connectivity index (χ1) is 7.36. The Morgan fingerprint density at radius 1 is 1.62 bits per heavy atom. The van der Waals surface area contributed by atoms with Gasteiger partial charge >= 0.3 is 0 Å². The van der Waals surface area contributed by atoms with Gasteiger partial charge in [-0.2, -0.15) is 0 Å². The summed E-state index contributed by atoms with van der Waals surface area (Å²) in [4.78, 5) is 4.00. The summed E-state index contributed by atoms with van der Waals surface area (Å²) in [5, 5.41) is 0.0486. The van der Waals surface area contributed by atoms with Crippen LogP contribution in [0.3, 0.4) is 0 Å². The van der Waals surface area contributed by atoms with E-state index >= 15 is 0 Å². The molecule has 0 aliphatic carbocycles. The van der Waals surface area contributed by atoms with E-state index in [1.807, 2.05) is 6.92 Å². The van der Waals surface area contributed by atoms with Crippen molar-refractivity contribution in [2.45, 2.75) is 38.4 Å². The highest BCUT2D eigenvalue weighted by atomic mass is 32.2. The summed E-state index contributed by atoms with van der Waals surface area (Å²) < 4.78 is 27.7. The van der Waals surface area contributed by atoms with Gasteiger partial charge in [0.05, 0.1) is 0 Å². The molecule has 0 saturated heterocycles. The van der Waals surface area contributed by atoms with Crippen LogP contribution in [0, 0.1) is 6.92 Å². The molecule has 0 saturated carbocycles. The molecule has 92 valence electrons. The molecule has 1 aromatic heterocycles. The van der Waals surface area contributed by atoms with E-state index in [-0.39, 0.29) is 17.6 Å². The Morgan fingerprint density at radius 3 is 2.69 bits per heavy atom. The van der Waals surface area contributed by atoms with Crippen LogP contribution in [0.4, 0.5) is 0 Å². The van der Waals surface area contributed by atoms with Gasteiger partial charge in [-0.15, -0.1) is 0 Å². The lowest BCUT2D eigenvalue weighted by Gasteiger charge is -2.06. The van der Waals surface area contributed by atoms with Gasteiger partial charge in [-0.3, -0.25) is 0 Å². The van der Waals surface area contributed by atoms with Crippen LogP contribution in [0.2, 0.25) is 0 Å². The molecule has 0 aliphatic heterocycles. The van der Waals surface area contributed by atoms with Crippen molar-refractivity contribution in [1.82, 2.24) is 14.3 Å². The average Bonchev–Trinajstić information content (AvgIpc) is 2.57. The van der Waals surface area contributed by atoms with E-state index < -0.39 is 10.0 Å². The molecule has 0 radical (unpaired) electrons. The normalized spacial score (nSPS) is 14.0. The number of nitrogens with two attached hydrogens (primary N) is 1. The number of nitrogens with zero attached hydrogens (tertiary/aromatic N) is 2. The topological polar surface area (TPSA) is 90.0 Å². The van der Waals surface area contributed by atoms with Crippen molar-refractivity contribution in [1.29, 1.82) is 0 Å². The molecule has 0 amide bonds. The quantitative estimate of drug-likeness (QED) is 0.755. The van der Waals surface area contributed by atoms with E-state index in [0.29, 0.717) is 12.4 Å². The number of aromatic nitrogens is 2. The summed E-state index contributed by atoms with van der Waals surface area (Å²) in [5.41, 5.74) is 5.49. The lowest BCUT2D eigenvalue weighted by molar-refractivity contribution is 0.570. The maximum atomic E-state index is 11.8. The molecule has 3 N–H and O–H groups in total. The molecule has 0 aromatic carbocycles. The number of hydrogen-bond acceptors (Lipinski definition) is 4. The van der Waals surface area contributed by atoms with Gasteiger partial charge in [0, 0.05) is 25.3 Å². The molecule has 1 rings (SSSR count). The van der Waals surface area contributed by atoms with Crippen LogP contribution in [0.1, 0.15) is 19.7 Å². The summed E-state index contributed by atoms with van der Waals surface area (Å²) in [7, 11) is -3.53. The Bertz CT molecular complexity index is 450. The van der Waals surface area contributed by atoms with Crippen LogP contribution >= 0.6 is 0 Å². The third-order valence-corrected chi connectivity index (χ3v) is 3.46. The van der Waals surface area contributed by atoms with Gasteiger partial charge in [-0.25, -0.2) is 18.1 Å². The van der Waals surface area contributed by atoms with Crippen molar-refractivity contribution in [3.05, 3.63) is 12.0 Å². The number of nitrogens with one attached hydrogen (secondary N) is 1. The van der Waals surface area contributed by atoms with E-state index in [0.717, 1.165) is 0 Å². The van der Waals surface area contributed by atoms with Crippen LogP contribution in [0.25, 0.3) is 0 Å². The summed E-state index contributed by atoms with van der Waals surface area (Å²) in [6.45, 7) is 6.34. The third kappa shape index (κ3) is 3.03. The monoisotopic (exact) mass is 246 g/mol. The van der Waals surface area contributed by atoms with Gasteiger partial charge < -0.3 is 10.3 Å². The first-order valence-corrected chi connectivity index (χ1v) is 6.64. The van der Waals surface area contributed by atoms with Crippen LogP contribution in [0.5, 0.6) is 0 Å². The summed E-state index contributed by atoms with van der Waals surface area (Å²) in [5.74, 6) is 0.684. The van der Waals surface area contributed by atoms with Crippen molar-refractivity contribution in [3.63, 3.8) is 0 Å². The zero-order chi connectivity index (χ0) is 12.3. The van der Waals surface area contributed by atoms with E-state index in [1.165, 1.54) is 6.20 Å². The molecule has 7 heteroatoms. The molecule has 1 atom stereocenters. The minimum absolute atomic E-state index is 0.0486. The van der Waals surface area contributed by atoms with E-state index in [2.05, 4.69) is 9.71 Å². The highest BCUT2D eigenvalue weighted by Crippen LogP contribution is 2.08. The van der Waals surface area contributed by atoms with Gasteiger partial charge in [0.15, 0.2) is 5.03 Å². The second-order valence-corrected chi connectivity index (χ2v) is 5.46. The highest BCUT2D eigenvalue weighted by Gasteiger charge is 2.18. The molecule has 0 aliphatic rings. The van der Waals surface area contributed by atoms with Crippen molar-refractivity contribution >= 4 is 10.0 Å². The summed E-state index contributed by atoms with van der Waals surface area (Å²) in [6, 6.07) is -0.218. The maximum absolute atomic E-state index is 11.8. The van der Waals surface area contributed by atoms with Gasteiger partial charge in [-0.05, 0) is 20.8 Å². The molecule has 1 heterocycles. The van der Waals surface area contributed by atoms with Gasteiger partial charge in [-0.1, -0.05) is 0 Å². The molecular weight excluding hydrogens is 228 g/mol. The standard InChI is InChI=1S/C9H18N4O2S/c1-4-13-6-9(12-8(13)3)16(14,15)11-5-7(2)10/h6-7,11H,4-5,10H2,1-3H3. The Morgan fingerprint density at radius 2 is 2.25 bits per heavy atom. The molecule has 1 aromatic rings. The fraction of sp³-hybridized carbons (Fsp3) is 0.667. The molecule has 6 nitrogen and oxygen atoms in total. The zero-order valence-electron chi connectivity index (χ0n) is 9.77. The van der Waals surface area contributed by atoms with E-state index in [9.17, 15) is 8.42 Å². The van der Waals surface area contributed by atoms with Crippen LogP contribution in [-0.4, -0.2) is 30.6 Å². The smallest absolute Gasteiger partial charge is 0.259 e. The number of aryl methyl sites for hydroxylation is 2. The Kier molecular flexibility index (Phi) is 4.06. The van der Waals surface area contributed by atoms with Crippen LogP contribution in [0.15, 0.2) is 11.2 Å². The second kappa shape index (κ2) is 4.94. The molecule has 1 unspecified atom stereocenters. The Hall–Kier alpha value is -0.920. The fourth-order valence-corrected chi connectivity index (χ4v) is 2.39. The molecule has 0 bridgehead atoms. The van der Waals surface area contributed by atoms with Crippen molar-refractivity contribution in [2.24, 2.45) is 5.73 Å². The maximum Gasteiger partial charge on any atom is 0.259 e. The van der Waals surface area contributed by atoms with E-state index in [4.69, 9.17) is 5.73 Å². The SMILES string of the molecule is CCn1cc(S(=O)(=O)NCC(C)N)nc1C. The van der Waals surface area contributed by atoms with Crippen LogP contribution in [-0.2, 0) is 16.6 Å². The molecule has 0 fully saturated rings. The van der Waals surface area contributed by atoms with Gasteiger partial charge in [0.2, 0.25) is 0 Å². The first-order valence-electron chi connectivity index (χ1n) is 5.16. The zero-order valence-corrected chi connectivity index (χ0v) is 10.6. The minimum Gasteiger partial charge on any atom is -0.334 e. The number of sulfonamides is 1. The minimum atomic E-state index is -3.53. The fourth-order valence-electron chi connectivity index (χ4n) is 1.24. The highest BCUT2D eigenvalue weighted by molar-refractivity contribution is 7.89. The Labute approximate surface area is 95.9 Å². The lowest BCUT2D eigenvalue weighted by atomic mass is 10.4. The average molecular weight is 246 g/mol. The summed E-state index contributed by atoms with van der Waals surface area (Å²) in [6.07, 6.45) is 1.53. The number of imidazole rings is 1. The lowest BCUT2D eigenvalue weighted by Crippen LogP contribution is -2.35. The van der Waals surface area contributed by atoms with Crippen LogP contribution < -0.4 is 10.5 Å². The van der Waals surface area contributed by atoms with Crippen molar-refractivity contribution in [3.8, 4) is 0 Å². The Balaban J connectivity index is 2.90. The number of rotatable bonds is 5. The van der Waals surface area contributed by atoms with Gasteiger partial charge in [0.1, 0.15) is 5.82 Å². The molecular formula is C9H18N4O2S. The first kappa shape index (κ1) is 13.1. The van der Waals surface area contributed by atoms with Gasteiger partial charge in [0.25, 0.3) is 10.0 Å².